The van der Waals surface area contributed by atoms with Crippen molar-refractivity contribution in [1.29, 1.82) is 0 Å². The Bertz CT molecular complexity index is 976. The van der Waals surface area contributed by atoms with E-state index in [-0.39, 0.29) is 0 Å². The zero-order valence-corrected chi connectivity index (χ0v) is 15.1. The molecule has 0 aliphatic rings. The van der Waals surface area contributed by atoms with E-state index >= 15 is 0 Å². The third kappa shape index (κ3) is 3.13. The molecule has 0 aliphatic carbocycles. The Morgan fingerprint density at radius 2 is 1.58 bits per heavy atom. The number of rotatable bonds is 5. The van der Waals surface area contributed by atoms with Crippen LogP contribution in [0.5, 0.6) is 23.0 Å². The van der Waals surface area contributed by atoms with Gasteiger partial charge in [-0.05, 0) is 49.2 Å². The summed E-state index contributed by atoms with van der Waals surface area (Å²) >= 11 is 0. The Balaban J connectivity index is 2.11. The number of aromatic nitrogens is 1. The molecule has 0 saturated carbocycles. The number of carbonyl (C=O) groups is 1. The quantitative estimate of drug-likeness (QED) is 0.756. The Kier molecular flexibility index (Phi) is 4.67. The van der Waals surface area contributed by atoms with Crippen LogP contribution in [0.2, 0.25) is 0 Å². The summed E-state index contributed by atoms with van der Waals surface area (Å²) in [6, 6.07) is 8.86. The van der Waals surface area contributed by atoms with E-state index in [2.05, 4.69) is 4.98 Å². The van der Waals surface area contributed by atoms with Crippen LogP contribution in [-0.2, 0) is 0 Å². The molecule has 0 saturated heterocycles. The summed E-state index contributed by atoms with van der Waals surface area (Å²) in [6.45, 7) is 3.75. The van der Waals surface area contributed by atoms with Gasteiger partial charge in [0.05, 0.1) is 19.7 Å². The summed E-state index contributed by atoms with van der Waals surface area (Å²) in [5.74, 6) is 2.04. The summed E-state index contributed by atoms with van der Waals surface area (Å²) in [5, 5.41) is 0.794. The standard InChI is InChI=1S/C20H20N2O4/c1-11-7-13(20(21)23)8-12(2)19(11)26-16-5-6-22-15-10-18(25-4)17(24-3)9-14(15)16/h5-10H,1-4H3,(H2,21,23). The molecule has 3 rings (SSSR count). The van der Waals surface area contributed by atoms with E-state index in [9.17, 15) is 4.79 Å². The van der Waals surface area contributed by atoms with Gasteiger partial charge in [-0.25, -0.2) is 0 Å². The molecule has 0 aliphatic heterocycles. The van der Waals surface area contributed by atoms with Crippen LogP contribution in [0.1, 0.15) is 21.5 Å². The molecular weight excluding hydrogens is 332 g/mol. The van der Waals surface area contributed by atoms with Gasteiger partial charge in [-0.2, -0.15) is 0 Å². The Hall–Kier alpha value is -3.28. The molecule has 6 nitrogen and oxygen atoms in total. The minimum absolute atomic E-state index is 0.457. The number of hydrogen-bond donors (Lipinski definition) is 1. The number of primary amides is 1. The molecule has 0 bridgehead atoms. The van der Waals surface area contributed by atoms with Crippen LogP contribution < -0.4 is 19.9 Å². The van der Waals surface area contributed by atoms with Gasteiger partial charge in [0.15, 0.2) is 11.5 Å². The third-order valence-corrected chi connectivity index (χ3v) is 4.16. The predicted molar refractivity (Wildman–Crippen MR) is 99.4 cm³/mol. The maximum absolute atomic E-state index is 11.4. The molecule has 0 spiro atoms. The first kappa shape index (κ1) is 17.5. The number of pyridine rings is 1. The fraction of sp³-hybridized carbons (Fsp3) is 0.200. The monoisotopic (exact) mass is 352 g/mol. The maximum atomic E-state index is 11.4. The zero-order chi connectivity index (χ0) is 18.8. The topological polar surface area (TPSA) is 83.7 Å². The van der Waals surface area contributed by atoms with Crippen LogP contribution in [0.4, 0.5) is 0 Å². The van der Waals surface area contributed by atoms with E-state index in [0.717, 1.165) is 22.0 Å². The summed E-state index contributed by atoms with van der Waals surface area (Å²) < 4.78 is 16.9. The van der Waals surface area contributed by atoms with E-state index < -0.39 is 5.91 Å². The fourth-order valence-electron chi connectivity index (χ4n) is 2.90. The number of ether oxygens (including phenoxy) is 3. The largest absolute Gasteiger partial charge is 0.493 e. The average molecular weight is 352 g/mol. The highest BCUT2D eigenvalue weighted by molar-refractivity contribution is 5.93. The molecule has 0 fully saturated rings. The summed E-state index contributed by atoms with van der Waals surface area (Å²) in [4.78, 5) is 15.8. The summed E-state index contributed by atoms with van der Waals surface area (Å²) in [6.07, 6.45) is 1.67. The van der Waals surface area contributed by atoms with Crippen LogP contribution in [0.3, 0.4) is 0 Å². The molecule has 2 aromatic carbocycles. The lowest BCUT2D eigenvalue weighted by Gasteiger charge is -2.15. The molecule has 0 unspecified atom stereocenters. The Morgan fingerprint density at radius 1 is 0.962 bits per heavy atom. The molecule has 3 aromatic rings. The summed E-state index contributed by atoms with van der Waals surface area (Å²) in [5.41, 5.74) is 8.20. The molecule has 1 heterocycles. The number of carbonyl (C=O) groups excluding carboxylic acids is 1. The van der Waals surface area contributed by atoms with Crippen LogP contribution in [-0.4, -0.2) is 25.1 Å². The lowest BCUT2D eigenvalue weighted by molar-refractivity contribution is 0.1000. The lowest BCUT2D eigenvalue weighted by atomic mass is 10.1. The van der Waals surface area contributed by atoms with Gasteiger partial charge in [0, 0.05) is 23.2 Å². The maximum Gasteiger partial charge on any atom is 0.248 e. The molecule has 2 N–H and O–H groups in total. The fourth-order valence-corrected chi connectivity index (χ4v) is 2.90. The van der Waals surface area contributed by atoms with E-state index in [0.29, 0.717) is 28.6 Å². The number of nitrogens with zero attached hydrogens (tertiary/aromatic N) is 1. The number of benzene rings is 2. The van der Waals surface area contributed by atoms with E-state index in [1.807, 2.05) is 19.9 Å². The highest BCUT2D eigenvalue weighted by atomic mass is 16.5. The lowest BCUT2D eigenvalue weighted by Crippen LogP contribution is -2.11. The Morgan fingerprint density at radius 3 is 2.15 bits per heavy atom. The number of hydrogen-bond acceptors (Lipinski definition) is 5. The van der Waals surface area contributed by atoms with Crippen molar-refractivity contribution in [3.05, 3.63) is 53.2 Å². The molecule has 6 heteroatoms. The minimum Gasteiger partial charge on any atom is -0.493 e. The second-order valence-electron chi connectivity index (χ2n) is 5.94. The van der Waals surface area contributed by atoms with Crippen molar-refractivity contribution < 1.29 is 19.0 Å². The smallest absolute Gasteiger partial charge is 0.248 e. The average Bonchev–Trinajstić information content (AvgIpc) is 2.63. The second-order valence-corrected chi connectivity index (χ2v) is 5.94. The number of amides is 1. The van der Waals surface area contributed by atoms with Crippen molar-refractivity contribution in [3.63, 3.8) is 0 Å². The van der Waals surface area contributed by atoms with Crippen LogP contribution in [0.15, 0.2) is 36.5 Å². The first-order chi connectivity index (χ1) is 12.4. The zero-order valence-electron chi connectivity index (χ0n) is 15.1. The molecule has 1 amide bonds. The minimum atomic E-state index is -0.464. The molecule has 1 aromatic heterocycles. The van der Waals surface area contributed by atoms with Crippen molar-refractivity contribution in [1.82, 2.24) is 4.98 Å². The van der Waals surface area contributed by atoms with Gasteiger partial charge in [0.2, 0.25) is 5.91 Å². The normalized spacial score (nSPS) is 10.6. The molecule has 0 atom stereocenters. The van der Waals surface area contributed by atoms with Gasteiger partial charge in [0.1, 0.15) is 11.5 Å². The van der Waals surface area contributed by atoms with E-state index in [1.165, 1.54) is 0 Å². The van der Waals surface area contributed by atoms with E-state index in [4.69, 9.17) is 19.9 Å². The number of fused-ring (bicyclic) bond motifs is 1. The molecule has 0 radical (unpaired) electrons. The van der Waals surface area contributed by atoms with Crippen LogP contribution in [0.25, 0.3) is 10.9 Å². The summed E-state index contributed by atoms with van der Waals surface area (Å²) in [7, 11) is 3.16. The van der Waals surface area contributed by atoms with Crippen LogP contribution >= 0.6 is 0 Å². The number of nitrogens with two attached hydrogens (primary N) is 1. The highest BCUT2D eigenvalue weighted by Gasteiger charge is 2.14. The Labute approximate surface area is 151 Å². The van der Waals surface area contributed by atoms with Crippen molar-refractivity contribution >= 4 is 16.8 Å². The van der Waals surface area contributed by atoms with Gasteiger partial charge in [-0.15, -0.1) is 0 Å². The molecule has 26 heavy (non-hydrogen) atoms. The predicted octanol–water partition coefficient (Wildman–Crippen LogP) is 3.76. The second kappa shape index (κ2) is 6.92. The number of methoxy groups -OCH3 is 2. The van der Waals surface area contributed by atoms with Crippen molar-refractivity contribution in [2.45, 2.75) is 13.8 Å². The number of aryl methyl sites for hydroxylation is 2. The van der Waals surface area contributed by atoms with Gasteiger partial charge in [-0.1, -0.05) is 0 Å². The van der Waals surface area contributed by atoms with Gasteiger partial charge in [-0.3, -0.25) is 9.78 Å². The highest BCUT2D eigenvalue weighted by Crippen LogP contribution is 2.38. The van der Waals surface area contributed by atoms with Gasteiger partial charge in [0.25, 0.3) is 0 Å². The van der Waals surface area contributed by atoms with Gasteiger partial charge >= 0.3 is 0 Å². The third-order valence-electron chi connectivity index (χ3n) is 4.16. The van der Waals surface area contributed by atoms with Gasteiger partial charge < -0.3 is 19.9 Å². The van der Waals surface area contributed by atoms with Crippen molar-refractivity contribution in [2.24, 2.45) is 5.73 Å². The first-order valence-corrected chi connectivity index (χ1v) is 8.04. The van der Waals surface area contributed by atoms with Crippen molar-refractivity contribution in [2.75, 3.05) is 14.2 Å². The molecule has 134 valence electrons. The first-order valence-electron chi connectivity index (χ1n) is 8.04. The molecular formula is C20H20N2O4. The van der Waals surface area contributed by atoms with Crippen molar-refractivity contribution in [3.8, 4) is 23.0 Å². The SMILES string of the molecule is COc1cc2nccc(Oc3c(C)cc(C(N)=O)cc3C)c2cc1OC. The van der Waals surface area contributed by atoms with Crippen LogP contribution in [0, 0.1) is 13.8 Å². The van der Waals surface area contributed by atoms with E-state index in [1.54, 1.807) is 44.7 Å².